The Bertz CT molecular complexity index is 171. The molecule has 1 N–H and O–H groups in total. The Morgan fingerprint density at radius 1 is 1.27 bits per heavy atom. The lowest BCUT2D eigenvalue weighted by Crippen LogP contribution is -2.39. The summed E-state index contributed by atoms with van der Waals surface area (Å²) in [7, 11) is 2.24. The molecule has 2 nitrogen and oxygen atoms in total. The summed E-state index contributed by atoms with van der Waals surface area (Å²) in [5, 5.41) is 3.66. The maximum Gasteiger partial charge on any atom is 0.00704 e. The van der Waals surface area contributed by atoms with E-state index in [-0.39, 0.29) is 0 Å². The first-order chi connectivity index (χ1) is 7.24. The van der Waals surface area contributed by atoms with E-state index in [1.54, 1.807) is 0 Å². The standard InChI is InChI=1S/C11H22N2.C2H6/c1-3-10-8-11(9-12-10)4-6-13(2)7-5-11;1-2/h10,12H,3-9H2,1-2H3;1-2H3. The van der Waals surface area contributed by atoms with Gasteiger partial charge in [0.25, 0.3) is 0 Å². The number of hydrogen-bond donors (Lipinski definition) is 1. The van der Waals surface area contributed by atoms with Crippen LogP contribution >= 0.6 is 0 Å². The van der Waals surface area contributed by atoms with Gasteiger partial charge in [-0.25, -0.2) is 0 Å². The molecule has 1 atom stereocenters. The van der Waals surface area contributed by atoms with Crippen molar-refractivity contribution in [2.45, 2.75) is 52.5 Å². The van der Waals surface area contributed by atoms with Gasteiger partial charge in [0.2, 0.25) is 0 Å². The minimum Gasteiger partial charge on any atom is -0.313 e. The molecule has 1 unspecified atom stereocenters. The Kier molecular flexibility index (Phi) is 5.07. The van der Waals surface area contributed by atoms with Gasteiger partial charge in [-0.2, -0.15) is 0 Å². The zero-order chi connectivity index (χ0) is 11.3. The van der Waals surface area contributed by atoms with Gasteiger partial charge >= 0.3 is 0 Å². The van der Waals surface area contributed by atoms with Crippen LogP contribution in [-0.4, -0.2) is 37.6 Å². The van der Waals surface area contributed by atoms with Crippen molar-refractivity contribution in [3.05, 3.63) is 0 Å². The monoisotopic (exact) mass is 212 g/mol. The van der Waals surface area contributed by atoms with E-state index in [1.165, 1.54) is 45.3 Å². The molecule has 2 heteroatoms. The quantitative estimate of drug-likeness (QED) is 0.718. The fourth-order valence-electron chi connectivity index (χ4n) is 2.79. The van der Waals surface area contributed by atoms with Gasteiger partial charge < -0.3 is 10.2 Å². The third kappa shape index (κ3) is 3.18. The predicted octanol–water partition coefficient (Wildman–Crippen LogP) is 2.50. The molecule has 2 aliphatic heterocycles. The number of rotatable bonds is 1. The second-order valence-corrected chi connectivity index (χ2v) is 4.99. The second kappa shape index (κ2) is 5.86. The second-order valence-electron chi connectivity index (χ2n) is 4.99. The SMILES string of the molecule is CC.CCC1CC2(CCN(C)CC2)CN1. The highest BCUT2D eigenvalue weighted by Crippen LogP contribution is 2.39. The molecule has 0 aliphatic carbocycles. The summed E-state index contributed by atoms with van der Waals surface area (Å²) in [5.41, 5.74) is 0.674. The summed E-state index contributed by atoms with van der Waals surface area (Å²) in [5.74, 6) is 0. The van der Waals surface area contributed by atoms with E-state index in [0.29, 0.717) is 5.41 Å². The van der Waals surface area contributed by atoms with Crippen LogP contribution in [0.15, 0.2) is 0 Å². The topological polar surface area (TPSA) is 15.3 Å². The van der Waals surface area contributed by atoms with Crippen molar-refractivity contribution < 1.29 is 0 Å². The molecular formula is C13H28N2. The summed E-state index contributed by atoms with van der Waals surface area (Å²) in [4.78, 5) is 2.46. The highest BCUT2D eigenvalue weighted by atomic mass is 15.1. The van der Waals surface area contributed by atoms with Gasteiger partial charge in [0.05, 0.1) is 0 Å². The molecule has 0 bridgehead atoms. The highest BCUT2D eigenvalue weighted by molar-refractivity contribution is 4.95. The zero-order valence-electron chi connectivity index (χ0n) is 11.0. The van der Waals surface area contributed by atoms with Crippen molar-refractivity contribution in [1.82, 2.24) is 10.2 Å². The normalized spacial score (nSPS) is 30.0. The van der Waals surface area contributed by atoms with Crippen molar-refractivity contribution in [2.75, 3.05) is 26.7 Å². The first-order valence-corrected chi connectivity index (χ1v) is 6.66. The maximum atomic E-state index is 3.66. The van der Waals surface area contributed by atoms with Crippen LogP contribution in [-0.2, 0) is 0 Å². The summed E-state index contributed by atoms with van der Waals surface area (Å²) in [6, 6.07) is 0.809. The molecule has 15 heavy (non-hydrogen) atoms. The Labute approximate surface area is 95.4 Å². The van der Waals surface area contributed by atoms with E-state index in [1.807, 2.05) is 13.8 Å². The first-order valence-electron chi connectivity index (χ1n) is 6.66. The van der Waals surface area contributed by atoms with Crippen LogP contribution in [0.1, 0.15) is 46.5 Å². The molecule has 0 radical (unpaired) electrons. The average Bonchev–Trinajstić information content (AvgIpc) is 2.70. The van der Waals surface area contributed by atoms with Crippen LogP contribution in [0.3, 0.4) is 0 Å². The smallest absolute Gasteiger partial charge is 0.00704 e. The minimum absolute atomic E-state index is 0.674. The van der Waals surface area contributed by atoms with Crippen molar-refractivity contribution in [3.8, 4) is 0 Å². The number of hydrogen-bond acceptors (Lipinski definition) is 2. The van der Waals surface area contributed by atoms with Crippen LogP contribution in [0.25, 0.3) is 0 Å². The molecule has 2 saturated heterocycles. The first kappa shape index (κ1) is 13.0. The average molecular weight is 212 g/mol. The van der Waals surface area contributed by atoms with E-state index >= 15 is 0 Å². The van der Waals surface area contributed by atoms with Crippen molar-refractivity contribution in [2.24, 2.45) is 5.41 Å². The molecule has 0 amide bonds. The van der Waals surface area contributed by atoms with E-state index in [4.69, 9.17) is 0 Å². The molecule has 2 fully saturated rings. The molecule has 0 aromatic carbocycles. The molecule has 2 heterocycles. The molecule has 2 rings (SSSR count). The number of piperidine rings is 1. The van der Waals surface area contributed by atoms with Gasteiger partial charge in [0, 0.05) is 12.6 Å². The Morgan fingerprint density at radius 3 is 2.33 bits per heavy atom. The largest absolute Gasteiger partial charge is 0.313 e. The van der Waals surface area contributed by atoms with Gasteiger partial charge in [-0.3, -0.25) is 0 Å². The van der Waals surface area contributed by atoms with Gasteiger partial charge in [-0.15, -0.1) is 0 Å². The lowest BCUT2D eigenvalue weighted by Gasteiger charge is -2.37. The van der Waals surface area contributed by atoms with Crippen molar-refractivity contribution >= 4 is 0 Å². The summed E-state index contributed by atoms with van der Waals surface area (Å²) >= 11 is 0. The Morgan fingerprint density at radius 2 is 1.87 bits per heavy atom. The highest BCUT2D eigenvalue weighted by Gasteiger charge is 2.39. The molecule has 0 aromatic rings. The molecular weight excluding hydrogens is 184 g/mol. The van der Waals surface area contributed by atoms with Gasteiger partial charge in [0.1, 0.15) is 0 Å². The molecule has 90 valence electrons. The Hall–Kier alpha value is -0.0800. The predicted molar refractivity (Wildman–Crippen MR) is 67.2 cm³/mol. The fourth-order valence-corrected chi connectivity index (χ4v) is 2.79. The third-order valence-electron chi connectivity index (χ3n) is 3.99. The van der Waals surface area contributed by atoms with Crippen LogP contribution in [0, 0.1) is 5.41 Å². The number of nitrogens with zero attached hydrogens (tertiary/aromatic N) is 1. The van der Waals surface area contributed by atoms with Crippen molar-refractivity contribution in [1.29, 1.82) is 0 Å². The molecule has 2 aliphatic rings. The Balaban J connectivity index is 0.000000531. The third-order valence-corrected chi connectivity index (χ3v) is 3.99. The lowest BCUT2D eigenvalue weighted by atomic mass is 9.76. The lowest BCUT2D eigenvalue weighted by molar-refractivity contribution is 0.137. The summed E-state index contributed by atoms with van der Waals surface area (Å²) in [6.45, 7) is 10.2. The number of nitrogens with one attached hydrogen (secondary N) is 1. The van der Waals surface area contributed by atoms with Crippen LogP contribution in [0.4, 0.5) is 0 Å². The molecule has 1 spiro atoms. The number of likely N-dealkylation sites (tertiary alicyclic amines) is 1. The van der Waals surface area contributed by atoms with E-state index < -0.39 is 0 Å². The van der Waals surface area contributed by atoms with E-state index in [9.17, 15) is 0 Å². The fraction of sp³-hybridized carbons (Fsp3) is 1.00. The van der Waals surface area contributed by atoms with Crippen LogP contribution in [0.2, 0.25) is 0 Å². The van der Waals surface area contributed by atoms with E-state index in [2.05, 4.69) is 24.2 Å². The van der Waals surface area contributed by atoms with Crippen LogP contribution in [0.5, 0.6) is 0 Å². The molecule has 0 aromatic heterocycles. The zero-order valence-corrected chi connectivity index (χ0v) is 11.0. The summed E-state index contributed by atoms with van der Waals surface area (Å²) < 4.78 is 0. The minimum atomic E-state index is 0.674. The van der Waals surface area contributed by atoms with Crippen LogP contribution < -0.4 is 5.32 Å². The van der Waals surface area contributed by atoms with Gasteiger partial charge in [-0.1, -0.05) is 20.8 Å². The molecule has 0 saturated carbocycles. The summed E-state index contributed by atoms with van der Waals surface area (Å²) in [6.07, 6.45) is 5.55. The van der Waals surface area contributed by atoms with Crippen molar-refractivity contribution in [3.63, 3.8) is 0 Å². The maximum absolute atomic E-state index is 3.66. The van der Waals surface area contributed by atoms with E-state index in [0.717, 1.165) is 6.04 Å². The van der Waals surface area contributed by atoms with Gasteiger partial charge in [-0.05, 0) is 51.2 Å². The van der Waals surface area contributed by atoms with Gasteiger partial charge in [0.15, 0.2) is 0 Å².